The average Bonchev–Trinajstić information content (AvgIpc) is 3.00. The Morgan fingerprint density at radius 2 is 1.46 bits per heavy atom. The number of nitro benzene ring substituents is 1. The van der Waals surface area contributed by atoms with Crippen LogP contribution in [0, 0.1) is 10.1 Å². The van der Waals surface area contributed by atoms with E-state index in [2.05, 4.69) is 22.3 Å². The second kappa shape index (κ2) is 14.9. The lowest BCUT2D eigenvalue weighted by Crippen LogP contribution is -2.57. The van der Waals surface area contributed by atoms with E-state index in [1.807, 2.05) is 48.5 Å². The summed E-state index contributed by atoms with van der Waals surface area (Å²) in [5, 5.41) is 23.6. The fourth-order valence-corrected chi connectivity index (χ4v) is 4.96. The molecule has 10 heteroatoms. The smallest absolute Gasteiger partial charge is 0.318 e. The molecule has 41 heavy (non-hydrogen) atoms. The van der Waals surface area contributed by atoms with Crippen molar-refractivity contribution in [3.05, 3.63) is 112 Å². The van der Waals surface area contributed by atoms with Crippen molar-refractivity contribution in [2.45, 2.75) is 25.4 Å². The maximum atomic E-state index is 13.8. The molecule has 1 aliphatic rings. The highest BCUT2D eigenvalue weighted by molar-refractivity contribution is 5.87. The van der Waals surface area contributed by atoms with Crippen LogP contribution in [0.2, 0.25) is 0 Å². The van der Waals surface area contributed by atoms with Crippen LogP contribution in [0.5, 0.6) is 0 Å². The Hall–Kier alpha value is -4.28. The first-order valence-corrected chi connectivity index (χ1v) is 13.9. The standard InChI is InChI=1S/C31H37N5O5/c37-22-21-35(16-15-25-7-3-1-4-8-25)31(39)32-29(23-26-11-13-28(14-12-26)36(40)41)30(38)34-19-17-33(18-20-34)24-27-9-5-2-6-10-27/h1-14,29,37H,15-24H2,(H,32,39). The third kappa shape index (κ3) is 8.86. The van der Waals surface area contributed by atoms with Gasteiger partial charge in [-0.15, -0.1) is 0 Å². The van der Waals surface area contributed by atoms with E-state index in [9.17, 15) is 24.8 Å². The molecule has 0 aliphatic carbocycles. The maximum absolute atomic E-state index is 13.8. The second-order valence-corrected chi connectivity index (χ2v) is 10.2. The van der Waals surface area contributed by atoms with Crippen molar-refractivity contribution in [3.63, 3.8) is 0 Å². The lowest BCUT2D eigenvalue weighted by atomic mass is 10.0. The minimum absolute atomic E-state index is 0.0368. The van der Waals surface area contributed by atoms with Crippen LogP contribution in [-0.4, -0.2) is 88.6 Å². The van der Waals surface area contributed by atoms with Crippen molar-refractivity contribution in [3.8, 4) is 0 Å². The van der Waals surface area contributed by atoms with Gasteiger partial charge in [-0.05, 0) is 23.1 Å². The number of non-ortho nitro benzene ring substituents is 1. The minimum atomic E-state index is -0.859. The Balaban J connectivity index is 1.43. The average molecular weight is 560 g/mol. The number of rotatable bonds is 12. The Labute approximate surface area is 240 Å². The Morgan fingerprint density at radius 3 is 2.05 bits per heavy atom. The molecule has 3 aromatic carbocycles. The van der Waals surface area contributed by atoms with Gasteiger partial charge in [-0.3, -0.25) is 19.8 Å². The van der Waals surface area contributed by atoms with E-state index in [4.69, 9.17) is 0 Å². The summed E-state index contributed by atoms with van der Waals surface area (Å²) in [6, 6.07) is 24.7. The van der Waals surface area contributed by atoms with Gasteiger partial charge in [-0.1, -0.05) is 72.8 Å². The van der Waals surface area contributed by atoms with Gasteiger partial charge >= 0.3 is 6.03 Å². The van der Waals surface area contributed by atoms with Crippen LogP contribution < -0.4 is 5.32 Å². The molecule has 10 nitrogen and oxygen atoms in total. The van der Waals surface area contributed by atoms with Crippen molar-refractivity contribution in [1.82, 2.24) is 20.0 Å². The lowest BCUT2D eigenvalue weighted by molar-refractivity contribution is -0.384. The number of hydrogen-bond acceptors (Lipinski definition) is 6. The maximum Gasteiger partial charge on any atom is 0.318 e. The molecule has 0 saturated carbocycles. The Morgan fingerprint density at radius 1 is 0.854 bits per heavy atom. The lowest BCUT2D eigenvalue weighted by Gasteiger charge is -2.37. The molecule has 1 aliphatic heterocycles. The van der Waals surface area contributed by atoms with Gasteiger partial charge in [0.2, 0.25) is 5.91 Å². The van der Waals surface area contributed by atoms with E-state index >= 15 is 0 Å². The summed E-state index contributed by atoms with van der Waals surface area (Å²) in [6.45, 7) is 3.62. The molecular weight excluding hydrogens is 522 g/mol. The van der Waals surface area contributed by atoms with Gasteiger partial charge in [0.25, 0.3) is 5.69 Å². The van der Waals surface area contributed by atoms with Crippen LogP contribution in [0.25, 0.3) is 0 Å². The van der Waals surface area contributed by atoms with Gasteiger partial charge in [-0.2, -0.15) is 0 Å². The van der Waals surface area contributed by atoms with Gasteiger partial charge in [0.05, 0.1) is 11.5 Å². The van der Waals surface area contributed by atoms with Crippen molar-refractivity contribution >= 4 is 17.6 Å². The molecule has 2 N–H and O–H groups in total. The zero-order valence-corrected chi connectivity index (χ0v) is 23.1. The highest BCUT2D eigenvalue weighted by Gasteiger charge is 2.30. The monoisotopic (exact) mass is 559 g/mol. The van der Waals surface area contributed by atoms with Crippen LogP contribution in [0.15, 0.2) is 84.9 Å². The first kappa shape index (κ1) is 29.7. The van der Waals surface area contributed by atoms with E-state index < -0.39 is 17.0 Å². The van der Waals surface area contributed by atoms with Crippen LogP contribution >= 0.6 is 0 Å². The summed E-state index contributed by atoms with van der Waals surface area (Å²) in [5.74, 6) is -0.192. The number of carbonyl (C=O) groups excluding carboxylic acids is 2. The number of nitro groups is 1. The summed E-state index contributed by atoms with van der Waals surface area (Å²) < 4.78 is 0. The predicted molar refractivity (Wildman–Crippen MR) is 156 cm³/mol. The quantitative estimate of drug-likeness (QED) is 0.260. The second-order valence-electron chi connectivity index (χ2n) is 10.2. The Bertz CT molecular complexity index is 1270. The first-order valence-electron chi connectivity index (χ1n) is 13.9. The van der Waals surface area contributed by atoms with Gasteiger partial charge < -0.3 is 20.2 Å². The van der Waals surface area contributed by atoms with E-state index in [-0.39, 0.29) is 31.2 Å². The van der Waals surface area contributed by atoms with Gasteiger partial charge in [0, 0.05) is 64.4 Å². The third-order valence-corrected chi connectivity index (χ3v) is 7.29. The van der Waals surface area contributed by atoms with Gasteiger partial charge in [0.1, 0.15) is 6.04 Å². The molecule has 3 aromatic rings. The number of nitrogens with zero attached hydrogens (tertiary/aromatic N) is 4. The first-order chi connectivity index (χ1) is 19.9. The van der Waals surface area contributed by atoms with E-state index in [1.165, 1.54) is 22.6 Å². The number of aliphatic hydroxyl groups is 1. The summed E-state index contributed by atoms with van der Waals surface area (Å²) in [4.78, 5) is 43.3. The topological polar surface area (TPSA) is 119 Å². The molecule has 1 unspecified atom stereocenters. The largest absolute Gasteiger partial charge is 0.395 e. The van der Waals surface area contributed by atoms with E-state index in [0.717, 1.165) is 12.1 Å². The number of nitrogens with one attached hydrogen (secondary N) is 1. The molecule has 0 spiro atoms. The highest BCUT2D eigenvalue weighted by atomic mass is 16.6. The number of benzene rings is 3. The van der Waals surface area contributed by atoms with E-state index in [0.29, 0.717) is 44.7 Å². The molecule has 3 amide bonds. The third-order valence-electron chi connectivity index (χ3n) is 7.29. The number of piperazine rings is 1. The molecule has 1 saturated heterocycles. The van der Waals surface area contributed by atoms with Crippen LogP contribution in [0.3, 0.4) is 0 Å². The molecule has 1 heterocycles. The summed E-state index contributed by atoms with van der Waals surface area (Å²) in [5.41, 5.74) is 2.95. The van der Waals surface area contributed by atoms with E-state index in [1.54, 1.807) is 17.0 Å². The zero-order chi connectivity index (χ0) is 29.0. The summed E-state index contributed by atoms with van der Waals surface area (Å²) >= 11 is 0. The highest BCUT2D eigenvalue weighted by Crippen LogP contribution is 2.16. The summed E-state index contributed by atoms with van der Waals surface area (Å²) in [6.07, 6.45) is 0.803. The molecule has 1 atom stereocenters. The fourth-order valence-electron chi connectivity index (χ4n) is 4.96. The van der Waals surface area contributed by atoms with Crippen LogP contribution in [0.4, 0.5) is 10.5 Å². The number of urea groups is 1. The van der Waals surface area contributed by atoms with Crippen molar-refractivity contribution in [1.29, 1.82) is 0 Å². The van der Waals surface area contributed by atoms with Gasteiger partial charge in [0.15, 0.2) is 0 Å². The molecule has 0 aromatic heterocycles. The van der Waals surface area contributed by atoms with Crippen molar-refractivity contribution in [2.24, 2.45) is 0 Å². The Kier molecular flexibility index (Phi) is 10.8. The van der Waals surface area contributed by atoms with Crippen LogP contribution in [0.1, 0.15) is 16.7 Å². The number of hydrogen-bond donors (Lipinski definition) is 2. The molecule has 0 radical (unpaired) electrons. The van der Waals surface area contributed by atoms with Crippen molar-refractivity contribution in [2.75, 3.05) is 45.9 Å². The molecule has 1 fully saturated rings. The molecule has 216 valence electrons. The number of amides is 3. The predicted octanol–water partition coefficient (Wildman–Crippen LogP) is 3.10. The number of carbonyl (C=O) groups is 2. The van der Waals surface area contributed by atoms with Crippen LogP contribution in [-0.2, 0) is 24.2 Å². The minimum Gasteiger partial charge on any atom is -0.395 e. The normalized spacial score (nSPS) is 14.3. The molecule has 0 bridgehead atoms. The van der Waals surface area contributed by atoms with Gasteiger partial charge in [-0.25, -0.2) is 4.79 Å². The molecule has 4 rings (SSSR count). The zero-order valence-electron chi connectivity index (χ0n) is 23.1. The fraction of sp³-hybridized carbons (Fsp3) is 0.355. The molecular formula is C31H37N5O5. The SMILES string of the molecule is O=C(NC(Cc1ccc([N+](=O)[O-])cc1)C(=O)N1CCN(Cc2ccccc2)CC1)N(CCO)CCc1ccccc1. The van der Waals surface area contributed by atoms with Crippen molar-refractivity contribution < 1.29 is 19.6 Å². The number of aliphatic hydroxyl groups excluding tert-OH is 1. The summed E-state index contributed by atoms with van der Waals surface area (Å²) in [7, 11) is 0.